The van der Waals surface area contributed by atoms with Crippen LogP contribution in [-0.4, -0.2) is 43.0 Å². The van der Waals surface area contributed by atoms with Gasteiger partial charge < -0.3 is 9.47 Å². The van der Waals surface area contributed by atoms with Crippen LogP contribution in [0.3, 0.4) is 0 Å². The standard InChI is InChI=1S/C22H24N2O3S2/c1-3-28-17-11-9-15(10-12-17)21(25)24(14-16-6-5-13-27-16)22-23-20-18(26-2)7-4-8-19(20)29-22/h4,7-12,16H,3,5-6,13-14H2,1-2H3. The Kier molecular flexibility index (Phi) is 6.37. The van der Waals surface area contributed by atoms with E-state index >= 15 is 0 Å². The fraction of sp³-hybridized carbons (Fsp3) is 0.364. The van der Waals surface area contributed by atoms with Gasteiger partial charge in [0.15, 0.2) is 5.13 Å². The van der Waals surface area contributed by atoms with E-state index in [0.29, 0.717) is 17.2 Å². The lowest BCUT2D eigenvalue weighted by Crippen LogP contribution is -2.37. The maximum absolute atomic E-state index is 13.4. The molecule has 4 rings (SSSR count). The van der Waals surface area contributed by atoms with Crippen LogP contribution in [0.5, 0.6) is 5.75 Å². The Hall–Kier alpha value is -2.09. The van der Waals surface area contributed by atoms with Crippen LogP contribution < -0.4 is 9.64 Å². The molecule has 29 heavy (non-hydrogen) atoms. The van der Waals surface area contributed by atoms with E-state index < -0.39 is 0 Å². The predicted molar refractivity (Wildman–Crippen MR) is 120 cm³/mol. The molecule has 7 heteroatoms. The molecule has 1 atom stereocenters. The molecule has 1 fully saturated rings. The number of hydrogen-bond donors (Lipinski definition) is 0. The van der Waals surface area contributed by atoms with Gasteiger partial charge in [0.05, 0.1) is 24.5 Å². The van der Waals surface area contributed by atoms with Crippen molar-refractivity contribution in [1.82, 2.24) is 4.98 Å². The minimum absolute atomic E-state index is 0.0442. The van der Waals surface area contributed by atoms with Crippen LogP contribution >= 0.6 is 23.1 Å². The number of carbonyl (C=O) groups is 1. The molecule has 1 amide bonds. The highest BCUT2D eigenvalue weighted by atomic mass is 32.2. The van der Waals surface area contributed by atoms with Gasteiger partial charge in [0, 0.05) is 17.1 Å². The van der Waals surface area contributed by atoms with Crippen LogP contribution in [0.1, 0.15) is 30.1 Å². The van der Waals surface area contributed by atoms with Gasteiger partial charge in [0.1, 0.15) is 11.3 Å². The van der Waals surface area contributed by atoms with Gasteiger partial charge in [-0.25, -0.2) is 4.98 Å². The largest absolute Gasteiger partial charge is 0.494 e. The van der Waals surface area contributed by atoms with Gasteiger partial charge in [0.25, 0.3) is 5.91 Å². The van der Waals surface area contributed by atoms with Crippen LogP contribution in [0, 0.1) is 0 Å². The monoisotopic (exact) mass is 428 g/mol. The molecule has 1 unspecified atom stereocenters. The van der Waals surface area contributed by atoms with Crippen molar-refractivity contribution in [3.05, 3.63) is 48.0 Å². The summed E-state index contributed by atoms with van der Waals surface area (Å²) in [5.74, 6) is 1.67. The molecule has 1 aromatic heterocycles. The number of para-hydroxylation sites is 1. The van der Waals surface area contributed by atoms with Gasteiger partial charge in [-0.1, -0.05) is 24.3 Å². The molecule has 5 nitrogen and oxygen atoms in total. The second-order valence-electron chi connectivity index (χ2n) is 6.81. The molecule has 0 spiro atoms. The Morgan fingerprint density at radius 2 is 2.14 bits per heavy atom. The number of anilines is 1. The molecule has 2 aromatic carbocycles. The zero-order valence-corrected chi connectivity index (χ0v) is 18.2. The van der Waals surface area contributed by atoms with E-state index in [4.69, 9.17) is 14.5 Å². The Bertz CT molecular complexity index is 981. The van der Waals surface area contributed by atoms with Gasteiger partial charge in [0.2, 0.25) is 0 Å². The first kappa shape index (κ1) is 20.2. The van der Waals surface area contributed by atoms with Gasteiger partial charge in [-0.15, -0.1) is 11.8 Å². The summed E-state index contributed by atoms with van der Waals surface area (Å²) in [5.41, 5.74) is 1.45. The highest BCUT2D eigenvalue weighted by molar-refractivity contribution is 7.99. The summed E-state index contributed by atoms with van der Waals surface area (Å²) in [6.07, 6.45) is 2.04. The maximum Gasteiger partial charge on any atom is 0.260 e. The second-order valence-corrected chi connectivity index (χ2v) is 9.16. The maximum atomic E-state index is 13.4. The average Bonchev–Trinajstić information content (AvgIpc) is 3.41. The number of aromatic nitrogens is 1. The topological polar surface area (TPSA) is 51.7 Å². The first-order valence-electron chi connectivity index (χ1n) is 9.79. The zero-order chi connectivity index (χ0) is 20.2. The highest BCUT2D eigenvalue weighted by Gasteiger charge is 2.27. The number of carbonyl (C=O) groups excluding carboxylic acids is 1. The summed E-state index contributed by atoms with van der Waals surface area (Å²) >= 11 is 3.27. The van der Waals surface area contributed by atoms with Gasteiger partial charge >= 0.3 is 0 Å². The molecule has 1 aliphatic heterocycles. The number of amides is 1. The van der Waals surface area contributed by atoms with Crippen molar-refractivity contribution in [3.8, 4) is 5.75 Å². The molecule has 0 bridgehead atoms. The summed E-state index contributed by atoms with van der Waals surface area (Å²) in [5, 5.41) is 0.678. The number of ether oxygens (including phenoxy) is 2. The zero-order valence-electron chi connectivity index (χ0n) is 16.6. The summed E-state index contributed by atoms with van der Waals surface area (Å²) in [4.78, 5) is 21.1. The van der Waals surface area contributed by atoms with E-state index in [2.05, 4.69) is 6.92 Å². The average molecular weight is 429 g/mol. The lowest BCUT2D eigenvalue weighted by Gasteiger charge is -2.23. The van der Waals surface area contributed by atoms with Crippen molar-refractivity contribution in [2.45, 2.75) is 30.8 Å². The molecule has 2 heterocycles. The van der Waals surface area contributed by atoms with Crippen LogP contribution in [0.4, 0.5) is 5.13 Å². The van der Waals surface area contributed by atoms with Crippen LogP contribution in [0.15, 0.2) is 47.4 Å². The predicted octanol–water partition coefficient (Wildman–Crippen LogP) is 5.24. The van der Waals surface area contributed by atoms with Crippen molar-refractivity contribution in [1.29, 1.82) is 0 Å². The van der Waals surface area contributed by atoms with Crippen molar-refractivity contribution in [2.24, 2.45) is 0 Å². The van der Waals surface area contributed by atoms with E-state index in [1.54, 1.807) is 23.8 Å². The Morgan fingerprint density at radius 3 is 2.83 bits per heavy atom. The molecular formula is C22H24N2O3S2. The molecule has 0 aliphatic carbocycles. The number of benzene rings is 2. The minimum Gasteiger partial charge on any atom is -0.494 e. The third kappa shape index (κ3) is 4.42. The smallest absolute Gasteiger partial charge is 0.260 e. The van der Waals surface area contributed by atoms with E-state index in [1.165, 1.54) is 16.2 Å². The number of rotatable bonds is 7. The van der Waals surface area contributed by atoms with Gasteiger partial charge in [-0.05, 0) is 55.0 Å². The van der Waals surface area contributed by atoms with E-state index in [-0.39, 0.29) is 12.0 Å². The lowest BCUT2D eigenvalue weighted by molar-refractivity contribution is 0.0917. The quantitative estimate of drug-likeness (QED) is 0.482. The van der Waals surface area contributed by atoms with Gasteiger partial charge in [-0.2, -0.15) is 0 Å². The Labute approximate surface area is 179 Å². The molecule has 1 saturated heterocycles. The SMILES string of the molecule is CCSc1ccc(C(=O)N(CC2CCCO2)c2nc3c(OC)cccc3s2)cc1. The first-order chi connectivity index (χ1) is 14.2. The number of methoxy groups -OCH3 is 1. The number of thioether (sulfide) groups is 1. The third-order valence-corrected chi connectivity index (χ3v) is 6.83. The molecule has 0 radical (unpaired) electrons. The van der Waals surface area contributed by atoms with Crippen molar-refractivity contribution >= 4 is 44.4 Å². The van der Waals surface area contributed by atoms with E-state index in [0.717, 1.165) is 41.2 Å². The summed E-state index contributed by atoms with van der Waals surface area (Å²) < 4.78 is 12.3. The Morgan fingerprint density at radius 1 is 1.31 bits per heavy atom. The highest BCUT2D eigenvalue weighted by Crippen LogP contribution is 2.35. The van der Waals surface area contributed by atoms with Crippen LogP contribution in [0.2, 0.25) is 0 Å². The first-order valence-corrected chi connectivity index (χ1v) is 11.6. The molecule has 1 aliphatic rings. The molecular weight excluding hydrogens is 404 g/mol. The molecule has 0 N–H and O–H groups in total. The fourth-order valence-electron chi connectivity index (χ4n) is 3.45. The van der Waals surface area contributed by atoms with Crippen LogP contribution in [-0.2, 0) is 4.74 Å². The lowest BCUT2D eigenvalue weighted by atomic mass is 10.2. The summed E-state index contributed by atoms with van der Waals surface area (Å²) in [7, 11) is 1.64. The van der Waals surface area contributed by atoms with Crippen molar-refractivity contribution < 1.29 is 14.3 Å². The van der Waals surface area contributed by atoms with Gasteiger partial charge in [-0.3, -0.25) is 9.69 Å². The van der Waals surface area contributed by atoms with E-state index in [9.17, 15) is 4.79 Å². The third-order valence-electron chi connectivity index (χ3n) is 4.89. The minimum atomic E-state index is -0.0495. The number of hydrogen-bond acceptors (Lipinski definition) is 6. The van der Waals surface area contributed by atoms with Crippen molar-refractivity contribution in [3.63, 3.8) is 0 Å². The molecule has 152 valence electrons. The summed E-state index contributed by atoms with van der Waals surface area (Å²) in [6, 6.07) is 13.7. The molecule has 0 saturated carbocycles. The normalized spacial score (nSPS) is 16.3. The van der Waals surface area contributed by atoms with Crippen molar-refractivity contribution in [2.75, 3.05) is 30.9 Å². The Balaban J connectivity index is 1.68. The summed E-state index contributed by atoms with van der Waals surface area (Å²) in [6.45, 7) is 3.38. The number of thiazole rings is 1. The van der Waals surface area contributed by atoms with Crippen LogP contribution in [0.25, 0.3) is 10.2 Å². The number of fused-ring (bicyclic) bond motifs is 1. The fourth-order valence-corrected chi connectivity index (χ4v) is 5.10. The number of nitrogens with zero attached hydrogens (tertiary/aromatic N) is 2. The van der Waals surface area contributed by atoms with E-state index in [1.807, 2.05) is 42.5 Å². The second kappa shape index (κ2) is 9.15. The molecule has 3 aromatic rings.